The van der Waals surface area contributed by atoms with Crippen molar-refractivity contribution in [1.82, 2.24) is 15.2 Å². The van der Waals surface area contributed by atoms with Gasteiger partial charge in [0.15, 0.2) is 0 Å². The molecule has 0 aliphatic rings. The summed E-state index contributed by atoms with van der Waals surface area (Å²) in [5.41, 5.74) is -0.0211. The SMILES string of the molecule is CCc1nc(Sc2ccc(OC)cc2[N+](=O)[O-])n[nH]1. The van der Waals surface area contributed by atoms with Gasteiger partial charge in [-0.05, 0) is 23.9 Å². The summed E-state index contributed by atoms with van der Waals surface area (Å²) >= 11 is 1.15. The van der Waals surface area contributed by atoms with Crippen molar-refractivity contribution in [3.63, 3.8) is 0 Å². The van der Waals surface area contributed by atoms with E-state index < -0.39 is 4.92 Å². The number of benzene rings is 1. The van der Waals surface area contributed by atoms with Crippen molar-refractivity contribution >= 4 is 17.4 Å². The molecule has 1 N–H and O–H groups in total. The Kier molecular flexibility index (Phi) is 4.00. The second-order valence-electron chi connectivity index (χ2n) is 3.61. The maximum absolute atomic E-state index is 11.0. The fraction of sp³-hybridized carbons (Fsp3) is 0.273. The van der Waals surface area contributed by atoms with Crippen molar-refractivity contribution in [2.45, 2.75) is 23.4 Å². The lowest BCUT2D eigenvalue weighted by atomic mass is 10.3. The Bertz CT molecular complexity index is 599. The predicted molar refractivity (Wildman–Crippen MR) is 69.5 cm³/mol. The maximum atomic E-state index is 11.0. The molecule has 0 spiro atoms. The zero-order valence-electron chi connectivity index (χ0n) is 10.4. The second-order valence-corrected chi connectivity index (χ2v) is 4.62. The number of H-pyrrole nitrogens is 1. The van der Waals surface area contributed by atoms with Gasteiger partial charge in [-0.15, -0.1) is 5.10 Å². The number of nitro benzene ring substituents is 1. The molecule has 0 saturated carbocycles. The third-order valence-electron chi connectivity index (χ3n) is 2.41. The maximum Gasteiger partial charge on any atom is 0.287 e. The van der Waals surface area contributed by atoms with Crippen molar-refractivity contribution in [3.8, 4) is 5.75 Å². The number of nitrogens with zero attached hydrogens (tertiary/aromatic N) is 3. The number of aryl methyl sites for hydroxylation is 1. The highest BCUT2D eigenvalue weighted by atomic mass is 32.2. The van der Waals surface area contributed by atoms with Crippen LogP contribution in [0.4, 0.5) is 5.69 Å². The van der Waals surface area contributed by atoms with Crippen molar-refractivity contribution in [3.05, 3.63) is 34.1 Å². The van der Waals surface area contributed by atoms with Crippen molar-refractivity contribution in [2.75, 3.05) is 7.11 Å². The number of aromatic amines is 1. The van der Waals surface area contributed by atoms with Crippen LogP contribution in [0, 0.1) is 10.1 Å². The molecule has 0 bridgehead atoms. The molecule has 0 aliphatic heterocycles. The molecule has 0 fully saturated rings. The predicted octanol–water partition coefficient (Wildman–Crippen LogP) is 2.44. The highest BCUT2D eigenvalue weighted by molar-refractivity contribution is 7.99. The standard InChI is InChI=1S/C11H12N4O3S/c1-3-10-12-11(14-13-10)19-9-5-4-7(18-2)6-8(9)15(16)17/h4-6H,3H2,1-2H3,(H,12,13,14). The van der Waals surface area contributed by atoms with Gasteiger partial charge >= 0.3 is 0 Å². The van der Waals surface area contributed by atoms with Gasteiger partial charge in [-0.25, -0.2) is 4.98 Å². The molecule has 0 atom stereocenters. The van der Waals surface area contributed by atoms with Crippen LogP contribution in [0.25, 0.3) is 0 Å². The van der Waals surface area contributed by atoms with Crippen LogP contribution >= 0.6 is 11.8 Å². The molecule has 0 unspecified atom stereocenters. The Morgan fingerprint density at radius 2 is 2.32 bits per heavy atom. The Balaban J connectivity index is 2.31. The lowest BCUT2D eigenvalue weighted by Crippen LogP contribution is -1.93. The number of methoxy groups -OCH3 is 1. The smallest absolute Gasteiger partial charge is 0.287 e. The normalized spacial score (nSPS) is 10.4. The Morgan fingerprint density at radius 1 is 1.53 bits per heavy atom. The van der Waals surface area contributed by atoms with E-state index in [4.69, 9.17) is 4.74 Å². The van der Waals surface area contributed by atoms with E-state index in [1.165, 1.54) is 13.2 Å². The molecule has 7 nitrogen and oxygen atoms in total. The van der Waals surface area contributed by atoms with Gasteiger partial charge in [0.05, 0.1) is 23.0 Å². The molecular weight excluding hydrogens is 268 g/mol. The number of ether oxygens (including phenoxy) is 1. The largest absolute Gasteiger partial charge is 0.497 e. The fourth-order valence-corrected chi connectivity index (χ4v) is 2.25. The minimum atomic E-state index is -0.446. The fourth-order valence-electron chi connectivity index (χ4n) is 1.43. The molecule has 1 aromatic heterocycles. The van der Waals surface area contributed by atoms with Crippen LogP contribution in [-0.4, -0.2) is 27.2 Å². The number of nitrogens with one attached hydrogen (secondary N) is 1. The van der Waals surface area contributed by atoms with Crippen LogP contribution in [0.15, 0.2) is 28.3 Å². The first-order valence-electron chi connectivity index (χ1n) is 5.55. The molecule has 2 aromatic rings. The molecule has 0 saturated heterocycles. The molecule has 0 amide bonds. The van der Waals surface area contributed by atoms with Crippen molar-refractivity contribution < 1.29 is 9.66 Å². The van der Waals surface area contributed by atoms with Gasteiger partial charge in [-0.3, -0.25) is 15.2 Å². The van der Waals surface area contributed by atoms with Crippen LogP contribution in [0.3, 0.4) is 0 Å². The second kappa shape index (κ2) is 5.70. The van der Waals surface area contributed by atoms with E-state index >= 15 is 0 Å². The van der Waals surface area contributed by atoms with Gasteiger partial charge in [-0.1, -0.05) is 6.92 Å². The first-order valence-corrected chi connectivity index (χ1v) is 6.37. The summed E-state index contributed by atoms with van der Waals surface area (Å²) in [4.78, 5) is 15.3. The van der Waals surface area contributed by atoms with Gasteiger partial charge in [0, 0.05) is 6.42 Å². The summed E-state index contributed by atoms with van der Waals surface area (Å²) in [6, 6.07) is 4.68. The highest BCUT2D eigenvalue weighted by Crippen LogP contribution is 2.35. The lowest BCUT2D eigenvalue weighted by Gasteiger charge is -2.03. The number of hydrogen-bond acceptors (Lipinski definition) is 6. The molecule has 100 valence electrons. The molecule has 1 heterocycles. The zero-order valence-corrected chi connectivity index (χ0v) is 11.2. The van der Waals surface area contributed by atoms with Crippen LogP contribution in [0.5, 0.6) is 5.75 Å². The highest BCUT2D eigenvalue weighted by Gasteiger charge is 2.17. The summed E-state index contributed by atoms with van der Waals surface area (Å²) in [5.74, 6) is 1.19. The van der Waals surface area contributed by atoms with Crippen LogP contribution < -0.4 is 4.74 Å². The first kappa shape index (κ1) is 13.3. The van der Waals surface area contributed by atoms with Gasteiger partial charge in [-0.2, -0.15) is 0 Å². The third kappa shape index (κ3) is 3.02. The molecule has 0 radical (unpaired) electrons. The average Bonchev–Trinajstić information content (AvgIpc) is 2.86. The Hall–Kier alpha value is -2.09. The Labute approximate surface area is 113 Å². The van der Waals surface area contributed by atoms with E-state index in [0.29, 0.717) is 15.8 Å². The minimum Gasteiger partial charge on any atom is -0.497 e. The topological polar surface area (TPSA) is 93.9 Å². The minimum absolute atomic E-state index is 0.0211. The van der Waals surface area contributed by atoms with Crippen molar-refractivity contribution in [1.29, 1.82) is 0 Å². The van der Waals surface area contributed by atoms with E-state index in [9.17, 15) is 10.1 Å². The number of nitro groups is 1. The van der Waals surface area contributed by atoms with E-state index in [2.05, 4.69) is 15.2 Å². The van der Waals surface area contributed by atoms with Crippen LogP contribution in [0.1, 0.15) is 12.7 Å². The van der Waals surface area contributed by atoms with E-state index in [0.717, 1.165) is 24.0 Å². The lowest BCUT2D eigenvalue weighted by molar-refractivity contribution is -0.387. The van der Waals surface area contributed by atoms with Gasteiger partial charge in [0.25, 0.3) is 5.69 Å². The first-order chi connectivity index (χ1) is 9.13. The third-order valence-corrected chi connectivity index (χ3v) is 3.34. The molecule has 1 aromatic carbocycles. The van der Waals surface area contributed by atoms with Crippen LogP contribution in [-0.2, 0) is 6.42 Å². The van der Waals surface area contributed by atoms with Gasteiger partial charge < -0.3 is 4.74 Å². The molecule has 8 heteroatoms. The van der Waals surface area contributed by atoms with E-state index in [1.54, 1.807) is 12.1 Å². The van der Waals surface area contributed by atoms with Crippen molar-refractivity contribution in [2.24, 2.45) is 0 Å². The molecule has 2 rings (SSSR count). The summed E-state index contributed by atoms with van der Waals surface area (Å²) in [6.07, 6.45) is 0.734. The van der Waals surface area contributed by atoms with Gasteiger partial charge in [0.2, 0.25) is 5.16 Å². The average molecular weight is 280 g/mol. The zero-order chi connectivity index (χ0) is 13.8. The molecular formula is C11H12N4O3S. The number of rotatable bonds is 5. The monoisotopic (exact) mass is 280 g/mol. The summed E-state index contributed by atoms with van der Waals surface area (Å²) in [7, 11) is 1.47. The summed E-state index contributed by atoms with van der Waals surface area (Å²) in [5, 5.41) is 18.3. The molecule has 0 aliphatic carbocycles. The number of aromatic nitrogens is 3. The Morgan fingerprint density at radius 3 is 2.89 bits per heavy atom. The summed E-state index contributed by atoms with van der Waals surface area (Å²) in [6.45, 7) is 1.95. The molecule has 19 heavy (non-hydrogen) atoms. The van der Waals surface area contributed by atoms with Gasteiger partial charge in [0.1, 0.15) is 11.6 Å². The van der Waals surface area contributed by atoms with Crippen LogP contribution in [0.2, 0.25) is 0 Å². The summed E-state index contributed by atoms with van der Waals surface area (Å²) < 4.78 is 4.98. The van der Waals surface area contributed by atoms with E-state index in [1.807, 2.05) is 6.92 Å². The number of hydrogen-bond donors (Lipinski definition) is 1. The quantitative estimate of drug-likeness (QED) is 0.667. The van der Waals surface area contributed by atoms with E-state index in [-0.39, 0.29) is 5.69 Å².